The molecule has 1 unspecified atom stereocenters. The monoisotopic (exact) mass is 382 g/mol. The molecule has 27 heavy (non-hydrogen) atoms. The number of ether oxygens (including phenoxy) is 1. The molecule has 3 rings (SSSR count). The summed E-state index contributed by atoms with van der Waals surface area (Å²) in [7, 11) is 0. The lowest BCUT2D eigenvalue weighted by atomic mass is 9.97. The van der Waals surface area contributed by atoms with Gasteiger partial charge in [0.2, 0.25) is 5.88 Å². The van der Waals surface area contributed by atoms with E-state index in [9.17, 15) is 4.79 Å². The van der Waals surface area contributed by atoms with E-state index in [1.54, 1.807) is 16.8 Å². The second-order valence-corrected chi connectivity index (χ2v) is 7.18. The van der Waals surface area contributed by atoms with Crippen LogP contribution in [0.15, 0.2) is 60.7 Å². The maximum atomic E-state index is 12.9. The van der Waals surface area contributed by atoms with Crippen molar-refractivity contribution in [2.24, 2.45) is 0 Å². The first-order chi connectivity index (χ1) is 13.0. The standard InChI is InChI=1S/C22H23ClN2O2/c1-4-19(16-9-6-5-7-10-16)22(26)27-21-14-20(15(2)3)24-25(21)18-12-8-11-17(23)13-18/h5-15,19H,4H2,1-3H3. The number of rotatable bonds is 6. The SMILES string of the molecule is CCC(C(=O)Oc1cc(C(C)C)nn1-c1cccc(Cl)c1)c1ccccc1. The van der Waals surface area contributed by atoms with Crippen molar-refractivity contribution in [3.8, 4) is 11.6 Å². The largest absolute Gasteiger partial charge is 0.407 e. The van der Waals surface area contributed by atoms with Crippen LogP contribution in [0.4, 0.5) is 0 Å². The molecule has 0 radical (unpaired) electrons. The van der Waals surface area contributed by atoms with Gasteiger partial charge in [0.25, 0.3) is 0 Å². The van der Waals surface area contributed by atoms with Crippen molar-refractivity contribution in [3.05, 3.63) is 76.9 Å². The van der Waals surface area contributed by atoms with E-state index in [1.807, 2.05) is 55.5 Å². The Kier molecular flexibility index (Phi) is 5.97. The minimum Gasteiger partial charge on any atom is -0.407 e. The Balaban J connectivity index is 1.94. The molecule has 1 atom stereocenters. The molecule has 0 saturated carbocycles. The molecule has 5 heteroatoms. The Bertz CT molecular complexity index is 919. The maximum Gasteiger partial charge on any atom is 0.320 e. The van der Waals surface area contributed by atoms with Crippen molar-refractivity contribution in [1.29, 1.82) is 0 Å². The summed E-state index contributed by atoms with van der Waals surface area (Å²) in [6.07, 6.45) is 0.658. The molecule has 0 aliphatic rings. The van der Waals surface area contributed by atoms with Gasteiger partial charge in [-0.2, -0.15) is 5.10 Å². The van der Waals surface area contributed by atoms with Crippen LogP contribution in [0, 0.1) is 0 Å². The van der Waals surface area contributed by atoms with Crippen LogP contribution in [-0.4, -0.2) is 15.7 Å². The van der Waals surface area contributed by atoms with Crippen LogP contribution in [0.5, 0.6) is 5.88 Å². The number of esters is 1. The Morgan fingerprint density at radius 2 is 1.85 bits per heavy atom. The number of carbonyl (C=O) groups excluding carboxylic acids is 1. The van der Waals surface area contributed by atoms with Gasteiger partial charge in [-0.3, -0.25) is 4.79 Å². The molecule has 1 aromatic heterocycles. The minimum absolute atomic E-state index is 0.207. The van der Waals surface area contributed by atoms with E-state index in [4.69, 9.17) is 16.3 Å². The molecule has 1 heterocycles. The smallest absolute Gasteiger partial charge is 0.320 e. The Morgan fingerprint density at radius 3 is 2.48 bits per heavy atom. The van der Waals surface area contributed by atoms with Crippen molar-refractivity contribution < 1.29 is 9.53 Å². The molecule has 0 aliphatic heterocycles. The molecule has 0 spiro atoms. The van der Waals surface area contributed by atoms with Crippen molar-refractivity contribution >= 4 is 17.6 Å². The molecule has 0 aliphatic carbocycles. The van der Waals surface area contributed by atoms with Gasteiger partial charge in [-0.05, 0) is 36.1 Å². The number of hydrogen-bond donors (Lipinski definition) is 0. The third kappa shape index (κ3) is 4.40. The molecular weight excluding hydrogens is 360 g/mol. The highest BCUT2D eigenvalue weighted by atomic mass is 35.5. The molecule has 3 aromatic rings. The minimum atomic E-state index is -0.323. The van der Waals surface area contributed by atoms with Crippen molar-refractivity contribution in [3.63, 3.8) is 0 Å². The van der Waals surface area contributed by atoms with Gasteiger partial charge in [0.15, 0.2) is 0 Å². The van der Waals surface area contributed by atoms with Gasteiger partial charge in [-0.15, -0.1) is 0 Å². The van der Waals surface area contributed by atoms with Crippen molar-refractivity contribution in [1.82, 2.24) is 9.78 Å². The highest BCUT2D eigenvalue weighted by molar-refractivity contribution is 6.30. The van der Waals surface area contributed by atoms with E-state index in [0.29, 0.717) is 17.3 Å². The third-order valence-electron chi connectivity index (χ3n) is 4.44. The fourth-order valence-electron chi connectivity index (χ4n) is 2.93. The number of halogens is 1. The lowest BCUT2D eigenvalue weighted by molar-refractivity contribution is -0.136. The molecule has 0 bridgehead atoms. The average Bonchev–Trinajstić information content (AvgIpc) is 3.07. The zero-order chi connectivity index (χ0) is 19.4. The van der Waals surface area contributed by atoms with Gasteiger partial charge in [-0.25, -0.2) is 4.68 Å². The summed E-state index contributed by atoms with van der Waals surface area (Å²) in [6, 6.07) is 18.8. The number of nitrogens with zero attached hydrogens (tertiary/aromatic N) is 2. The van der Waals surface area contributed by atoms with Crippen LogP contribution in [0.3, 0.4) is 0 Å². The van der Waals surface area contributed by atoms with E-state index < -0.39 is 0 Å². The van der Waals surface area contributed by atoms with Crippen LogP contribution in [0.2, 0.25) is 5.02 Å². The predicted octanol–water partition coefficient (Wildman–Crippen LogP) is 5.75. The quantitative estimate of drug-likeness (QED) is 0.510. The van der Waals surface area contributed by atoms with Gasteiger partial charge in [-0.1, -0.05) is 68.8 Å². The van der Waals surface area contributed by atoms with E-state index in [-0.39, 0.29) is 17.8 Å². The fraction of sp³-hybridized carbons (Fsp3) is 0.273. The summed E-state index contributed by atoms with van der Waals surface area (Å²) in [5, 5.41) is 5.21. The van der Waals surface area contributed by atoms with Gasteiger partial charge in [0.1, 0.15) is 0 Å². The fourth-order valence-corrected chi connectivity index (χ4v) is 3.11. The maximum absolute atomic E-state index is 12.9. The summed E-state index contributed by atoms with van der Waals surface area (Å²) >= 11 is 6.13. The Labute approximate surface area is 164 Å². The van der Waals surface area contributed by atoms with Crippen molar-refractivity contribution in [2.75, 3.05) is 0 Å². The van der Waals surface area contributed by atoms with E-state index in [1.165, 1.54) is 0 Å². The highest BCUT2D eigenvalue weighted by Gasteiger charge is 2.23. The first-order valence-electron chi connectivity index (χ1n) is 9.12. The highest BCUT2D eigenvalue weighted by Crippen LogP contribution is 2.28. The normalized spacial score (nSPS) is 12.2. The summed E-state index contributed by atoms with van der Waals surface area (Å²) in [6.45, 7) is 6.08. The first kappa shape index (κ1) is 19.2. The van der Waals surface area contributed by atoms with Crippen LogP contribution >= 0.6 is 11.6 Å². The summed E-state index contributed by atoms with van der Waals surface area (Å²) in [5.74, 6) is -0.00192. The van der Waals surface area contributed by atoms with Gasteiger partial charge in [0.05, 0.1) is 17.3 Å². The lowest BCUT2D eigenvalue weighted by Crippen LogP contribution is -2.19. The zero-order valence-corrected chi connectivity index (χ0v) is 16.5. The number of hydrogen-bond acceptors (Lipinski definition) is 3. The van der Waals surface area contributed by atoms with Crippen LogP contribution in [0.25, 0.3) is 5.69 Å². The second-order valence-electron chi connectivity index (χ2n) is 6.75. The van der Waals surface area contributed by atoms with E-state index in [0.717, 1.165) is 16.9 Å². The third-order valence-corrected chi connectivity index (χ3v) is 4.67. The molecule has 4 nitrogen and oxygen atoms in total. The van der Waals surface area contributed by atoms with Gasteiger partial charge in [0, 0.05) is 11.1 Å². The van der Waals surface area contributed by atoms with Gasteiger partial charge < -0.3 is 4.74 Å². The molecule has 0 N–H and O–H groups in total. The Hall–Kier alpha value is -2.59. The van der Waals surface area contributed by atoms with Crippen LogP contribution < -0.4 is 4.74 Å². The summed E-state index contributed by atoms with van der Waals surface area (Å²) in [4.78, 5) is 12.9. The Morgan fingerprint density at radius 1 is 1.11 bits per heavy atom. The zero-order valence-electron chi connectivity index (χ0n) is 15.7. The van der Waals surface area contributed by atoms with Crippen molar-refractivity contribution in [2.45, 2.75) is 39.0 Å². The molecule has 140 valence electrons. The molecule has 2 aromatic carbocycles. The molecule has 0 fully saturated rings. The predicted molar refractivity (Wildman–Crippen MR) is 108 cm³/mol. The van der Waals surface area contributed by atoms with Crippen LogP contribution in [-0.2, 0) is 4.79 Å². The molecular formula is C22H23ClN2O2. The van der Waals surface area contributed by atoms with Gasteiger partial charge >= 0.3 is 5.97 Å². The van der Waals surface area contributed by atoms with E-state index in [2.05, 4.69) is 18.9 Å². The second kappa shape index (κ2) is 8.40. The summed E-state index contributed by atoms with van der Waals surface area (Å²) in [5.41, 5.74) is 2.55. The number of carbonyl (C=O) groups is 1. The van der Waals surface area contributed by atoms with E-state index >= 15 is 0 Å². The number of aromatic nitrogens is 2. The number of benzene rings is 2. The molecule has 0 saturated heterocycles. The summed E-state index contributed by atoms with van der Waals surface area (Å²) < 4.78 is 7.43. The van der Waals surface area contributed by atoms with Crippen LogP contribution in [0.1, 0.15) is 50.3 Å². The molecule has 0 amide bonds. The lowest BCUT2D eigenvalue weighted by Gasteiger charge is -2.15. The topological polar surface area (TPSA) is 44.1 Å². The first-order valence-corrected chi connectivity index (χ1v) is 9.50. The average molecular weight is 383 g/mol.